The Bertz CT molecular complexity index is 904. The molecule has 0 unspecified atom stereocenters. The zero-order valence-corrected chi connectivity index (χ0v) is 19.8. The molecule has 2 saturated heterocycles. The van der Waals surface area contributed by atoms with Crippen molar-refractivity contribution in [2.75, 3.05) is 57.4 Å². The maximum atomic E-state index is 12.6. The lowest BCUT2D eigenvalue weighted by Gasteiger charge is -2.26. The first-order valence-corrected chi connectivity index (χ1v) is 12.6. The van der Waals surface area contributed by atoms with Crippen molar-refractivity contribution in [2.24, 2.45) is 0 Å². The predicted octanol–water partition coefficient (Wildman–Crippen LogP) is 3.47. The van der Waals surface area contributed by atoms with Crippen molar-refractivity contribution in [3.8, 4) is 0 Å². The summed E-state index contributed by atoms with van der Waals surface area (Å²) in [5.41, 5.74) is 1.74. The average molecular weight is 476 g/mol. The van der Waals surface area contributed by atoms with Crippen LogP contribution in [0.4, 0.5) is 5.82 Å². The van der Waals surface area contributed by atoms with Gasteiger partial charge in [-0.2, -0.15) is 0 Å². The Morgan fingerprint density at radius 1 is 1.12 bits per heavy atom. The Balaban J connectivity index is 1.27. The van der Waals surface area contributed by atoms with Crippen molar-refractivity contribution in [3.05, 3.63) is 46.6 Å². The molecule has 7 nitrogen and oxygen atoms in total. The summed E-state index contributed by atoms with van der Waals surface area (Å²) in [6.07, 6.45) is 3.31. The molecule has 0 spiro atoms. The number of carbonyl (C=O) groups excluding carboxylic acids is 1. The second kappa shape index (κ2) is 11.8. The van der Waals surface area contributed by atoms with Gasteiger partial charge in [-0.25, -0.2) is 9.97 Å². The Labute approximate surface area is 198 Å². The highest BCUT2D eigenvalue weighted by Gasteiger charge is 2.16. The molecular formula is C23H30ClN5O2S. The summed E-state index contributed by atoms with van der Waals surface area (Å²) in [4.78, 5) is 26.2. The Morgan fingerprint density at radius 2 is 1.94 bits per heavy atom. The van der Waals surface area contributed by atoms with Gasteiger partial charge in [0, 0.05) is 50.1 Å². The number of carbonyl (C=O) groups is 1. The van der Waals surface area contributed by atoms with Crippen molar-refractivity contribution in [2.45, 2.75) is 30.2 Å². The fourth-order valence-electron chi connectivity index (χ4n) is 3.94. The van der Waals surface area contributed by atoms with Gasteiger partial charge < -0.3 is 15.0 Å². The fraction of sp³-hybridized carbons (Fsp3) is 0.522. The van der Waals surface area contributed by atoms with Crippen LogP contribution in [-0.4, -0.2) is 73.3 Å². The maximum Gasteiger partial charge on any atom is 0.251 e. The van der Waals surface area contributed by atoms with E-state index >= 15 is 0 Å². The highest BCUT2D eigenvalue weighted by atomic mass is 35.5. The summed E-state index contributed by atoms with van der Waals surface area (Å²) < 4.78 is 5.37. The number of nitrogens with one attached hydrogen (secondary N) is 1. The second-order valence-electron chi connectivity index (χ2n) is 8.08. The number of hydrogen-bond acceptors (Lipinski definition) is 7. The highest BCUT2D eigenvalue weighted by Crippen LogP contribution is 2.26. The Morgan fingerprint density at radius 3 is 2.75 bits per heavy atom. The number of nitrogens with zero attached hydrogens (tertiary/aromatic N) is 4. The molecule has 1 aromatic heterocycles. The van der Waals surface area contributed by atoms with E-state index in [4.69, 9.17) is 16.3 Å². The molecule has 1 amide bonds. The third-order valence-electron chi connectivity index (χ3n) is 5.69. The van der Waals surface area contributed by atoms with E-state index in [1.165, 1.54) is 24.6 Å². The minimum atomic E-state index is -0.0332. The summed E-state index contributed by atoms with van der Waals surface area (Å²) in [5.74, 6) is 1.54. The average Bonchev–Trinajstić information content (AvgIpc) is 3.36. The molecule has 1 N–H and O–H groups in total. The normalized spacial score (nSPS) is 17.0. The summed E-state index contributed by atoms with van der Waals surface area (Å²) in [7, 11) is 0. The Kier molecular flexibility index (Phi) is 8.62. The van der Waals surface area contributed by atoms with Crippen LogP contribution in [0.5, 0.6) is 0 Å². The molecule has 9 heteroatoms. The van der Waals surface area contributed by atoms with Crippen LogP contribution < -0.4 is 10.2 Å². The van der Waals surface area contributed by atoms with Crippen LogP contribution in [0.2, 0.25) is 5.15 Å². The third-order valence-corrected chi connectivity index (χ3v) is 6.80. The molecule has 32 heavy (non-hydrogen) atoms. The summed E-state index contributed by atoms with van der Waals surface area (Å²) in [6, 6.07) is 9.57. The van der Waals surface area contributed by atoms with Gasteiger partial charge in [0.1, 0.15) is 11.0 Å². The zero-order chi connectivity index (χ0) is 22.2. The van der Waals surface area contributed by atoms with Crippen LogP contribution in [0, 0.1) is 0 Å². The highest BCUT2D eigenvalue weighted by molar-refractivity contribution is 7.98. The standard InChI is InChI=1S/C23H30ClN5O2S/c24-20-16-21(29-9-1-2-10-29)27-23(26-20)32-17-18-5-3-6-19(15-18)22(30)25-7-4-8-28-11-13-31-14-12-28/h3,5-6,15-16H,1-2,4,7-14,17H2,(H,25,30). The van der Waals surface area contributed by atoms with Gasteiger partial charge >= 0.3 is 0 Å². The summed E-state index contributed by atoms with van der Waals surface area (Å²) in [6.45, 7) is 7.24. The number of hydrogen-bond donors (Lipinski definition) is 1. The van der Waals surface area contributed by atoms with Crippen LogP contribution in [0.1, 0.15) is 35.2 Å². The van der Waals surface area contributed by atoms with Gasteiger partial charge in [-0.05, 0) is 43.5 Å². The van der Waals surface area contributed by atoms with E-state index in [0.717, 1.165) is 63.7 Å². The summed E-state index contributed by atoms with van der Waals surface area (Å²) >= 11 is 7.77. The third kappa shape index (κ3) is 6.81. The molecule has 2 fully saturated rings. The number of amides is 1. The lowest BCUT2D eigenvalue weighted by molar-refractivity contribution is 0.0374. The smallest absolute Gasteiger partial charge is 0.251 e. The first kappa shape index (κ1) is 23.3. The number of morpholine rings is 1. The number of rotatable bonds is 9. The van der Waals surface area contributed by atoms with Gasteiger partial charge in [0.15, 0.2) is 5.16 Å². The molecular weight excluding hydrogens is 446 g/mol. The molecule has 0 saturated carbocycles. The van der Waals surface area contributed by atoms with Crippen molar-refractivity contribution in [1.82, 2.24) is 20.2 Å². The van der Waals surface area contributed by atoms with Crippen molar-refractivity contribution < 1.29 is 9.53 Å². The molecule has 2 aromatic rings. The molecule has 1 aromatic carbocycles. The van der Waals surface area contributed by atoms with Crippen LogP contribution in [0.15, 0.2) is 35.5 Å². The van der Waals surface area contributed by atoms with E-state index in [1.807, 2.05) is 30.3 Å². The molecule has 172 valence electrons. The van der Waals surface area contributed by atoms with Crippen molar-refractivity contribution in [1.29, 1.82) is 0 Å². The van der Waals surface area contributed by atoms with Crippen molar-refractivity contribution in [3.63, 3.8) is 0 Å². The van der Waals surface area contributed by atoms with E-state index in [2.05, 4.69) is 25.1 Å². The first-order chi connectivity index (χ1) is 15.7. The van der Waals surface area contributed by atoms with Gasteiger partial charge in [0.2, 0.25) is 0 Å². The predicted molar refractivity (Wildman–Crippen MR) is 129 cm³/mol. The molecule has 2 aliphatic rings. The summed E-state index contributed by atoms with van der Waals surface area (Å²) in [5, 5.41) is 4.17. The number of aromatic nitrogens is 2. The van der Waals surface area contributed by atoms with Crippen LogP contribution in [0.3, 0.4) is 0 Å². The van der Waals surface area contributed by atoms with Crippen molar-refractivity contribution >= 4 is 35.1 Å². The lowest BCUT2D eigenvalue weighted by Crippen LogP contribution is -2.38. The van der Waals surface area contributed by atoms with Crippen LogP contribution in [-0.2, 0) is 10.5 Å². The number of halogens is 1. The minimum absolute atomic E-state index is 0.0332. The molecule has 0 aliphatic carbocycles. The molecule has 0 atom stereocenters. The number of thioether (sulfide) groups is 1. The van der Waals surface area contributed by atoms with Gasteiger partial charge in [-0.1, -0.05) is 35.5 Å². The molecule has 4 rings (SSSR count). The quantitative estimate of drug-likeness (QED) is 0.257. The largest absolute Gasteiger partial charge is 0.379 e. The van der Waals surface area contributed by atoms with E-state index in [1.54, 1.807) is 0 Å². The Hall–Kier alpha value is -1.87. The van der Waals surface area contributed by atoms with Crippen LogP contribution >= 0.6 is 23.4 Å². The molecule has 0 radical (unpaired) electrons. The molecule has 3 heterocycles. The monoisotopic (exact) mass is 475 g/mol. The lowest BCUT2D eigenvalue weighted by atomic mass is 10.1. The zero-order valence-electron chi connectivity index (χ0n) is 18.3. The van der Waals surface area contributed by atoms with Crippen LogP contribution in [0.25, 0.3) is 0 Å². The first-order valence-electron chi connectivity index (χ1n) is 11.3. The van der Waals surface area contributed by atoms with E-state index in [-0.39, 0.29) is 5.91 Å². The van der Waals surface area contributed by atoms with E-state index in [9.17, 15) is 4.79 Å². The molecule has 0 bridgehead atoms. The van der Waals surface area contributed by atoms with E-state index in [0.29, 0.717) is 28.2 Å². The minimum Gasteiger partial charge on any atom is -0.379 e. The van der Waals surface area contributed by atoms with Gasteiger partial charge in [0.25, 0.3) is 5.91 Å². The number of anilines is 1. The van der Waals surface area contributed by atoms with Gasteiger partial charge in [-0.3, -0.25) is 9.69 Å². The van der Waals surface area contributed by atoms with Gasteiger partial charge in [0.05, 0.1) is 13.2 Å². The number of benzene rings is 1. The molecule has 2 aliphatic heterocycles. The fourth-order valence-corrected chi connectivity index (χ4v) is 4.96. The van der Waals surface area contributed by atoms with Gasteiger partial charge in [-0.15, -0.1) is 0 Å². The second-order valence-corrected chi connectivity index (χ2v) is 9.41. The maximum absolute atomic E-state index is 12.6. The van der Waals surface area contributed by atoms with E-state index < -0.39 is 0 Å². The SMILES string of the molecule is O=C(NCCCN1CCOCC1)c1cccc(CSc2nc(Cl)cc(N3CCCC3)n2)c1. The number of ether oxygens (including phenoxy) is 1. The topological polar surface area (TPSA) is 70.6 Å².